The van der Waals surface area contributed by atoms with Crippen LogP contribution in [0.2, 0.25) is 0 Å². The maximum Gasteiger partial charge on any atom is 0.335 e. The van der Waals surface area contributed by atoms with E-state index in [4.69, 9.17) is 9.68 Å². The normalized spacial score (nSPS) is 13.8. The fraction of sp³-hybridized carbons (Fsp3) is 0.238. The van der Waals surface area contributed by atoms with E-state index in [1.165, 1.54) is 0 Å². The van der Waals surface area contributed by atoms with Gasteiger partial charge in [-0.1, -0.05) is 49.4 Å². The average molecular weight is 396 g/mol. The average Bonchev–Trinajstić information content (AvgIpc) is 2.97. The molecule has 0 saturated carbocycles. The van der Waals surface area contributed by atoms with Gasteiger partial charge in [0.25, 0.3) is 17.7 Å². The molecule has 0 fully saturated rings. The molecule has 1 unspecified atom stereocenters. The topological polar surface area (TPSA) is 102 Å². The number of carbonyl (C=O) groups excluding carboxylic acids is 4. The van der Waals surface area contributed by atoms with Crippen LogP contribution in [0.4, 0.5) is 0 Å². The van der Waals surface area contributed by atoms with Gasteiger partial charge in [0.2, 0.25) is 0 Å². The number of amides is 3. The van der Waals surface area contributed by atoms with E-state index in [1.54, 1.807) is 43.3 Å². The molecule has 2 aromatic rings. The Morgan fingerprint density at radius 3 is 2.17 bits per heavy atom. The zero-order valence-corrected chi connectivity index (χ0v) is 15.8. The largest absolute Gasteiger partial charge is 0.341 e. The van der Waals surface area contributed by atoms with Gasteiger partial charge in [-0.3, -0.25) is 19.2 Å². The van der Waals surface area contributed by atoms with E-state index >= 15 is 0 Å². The zero-order chi connectivity index (χ0) is 20.8. The van der Waals surface area contributed by atoms with Gasteiger partial charge in [0.15, 0.2) is 0 Å². The van der Waals surface area contributed by atoms with E-state index in [0.717, 1.165) is 5.56 Å². The molecule has 0 spiro atoms. The van der Waals surface area contributed by atoms with Crippen LogP contribution in [0.15, 0.2) is 54.6 Å². The number of benzene rings is 2. The first-order chi connectivity index (χ1) is 14.0. The van der Waals surface area contributed by atoms with Crippen LogP contribution in [0.5, 0.6) is 0 Å². The van der Waals surface area contributed by atoms with Crippen molar-refractivity contribution in [3.63, 3.8) is 0 Å². The molecule has 0 bridgehead atoms. The molecule has 150 valence electrons. The number of fused-ring (bicyclic) bond motifs is 1. The predicted molar refractivity (Wildman–Crippen MR) is 101 cm³/mol. The summed E-state index contributed by atoms with van der Waals surface area (Å²) in [6.07, 6.45) is 0.284. The Hall–Kier alpha value is -3.52. The SMILES string of the molecule is CC(CCON1C(=O)c2ccccc2C1=O)C(=O)ONC(=O)Cc1ccccc1. The fourth-order valence-electron chi connectivity index (χ4n) is 2.75. The molecule has 3 rings (SSSR count). The van der Waals surface area contributed by atoms with Gasteiger partial charge in [-0.2, -0.15) is 5.48 Å². The van der Waals surface area contributed by atoms with Crippen molar-refractivity contribution in [2.24, 2.45) is 5.92 Å². The highest BCUT2D eigenvalue weighted by molar-refractivity contribution is 6.20. The summed E-state index contributed by atoms with van der Waals surface area (Å²) in [4.78, 5) is 58.3. The number of hydrogen-bond donors (Lipinski definition) is 1. The van der Waals surface area contributed by atoms with Crippen molar-refractivity contribution in [2.75, 3.05) is 6.61 Å². The van der Waals surface area contributed by atoms with E-state index < -0.39 is 29.6 Å². The highest BCUT2D eigenvalue weighted by Gasteiger charge is 2.36. The summed E-state index contributed by atoms with van der Waals surface area (Å²) in [6, 6.07) is 15.5. The standard InChI is InChI=1S/C21H20N2O6/c1-14(21(27)29-22-18(24)13-15-7-3-2-4-8-15)11-12-28-23-19(25)16-9-5-6-10-17(16)20(23)26/h2-10,14H,11-13H2,1H3,(H,22,24). The van der Waals surface area contributed by atoms with E-state index in [-0.39, 0.29) is 30.6 Å². The molecule has 1 aliphatic heterocycles. The predicted octanol–water partition coefficient (Wildman–Crippen LogP) is 2.06. The molecule has 8 heteroatoms. The second-order valence-corrected chi connectivity index (χ2v) is 6.58. The van der Waals surface area contributed by atoms with Crippen LogP contribution < -0.4 is 5.48 Å². The van der Waals surface area contributed by atoms with Gasteiger partial charge < -0.3 is 4.84 Å². The summed E-state index contributed by atoms with van der Waals surface area (Å²) >= 11 is 0. The van der Waals surface area contributed by atoms with Crippen molar-refractivity contribution >= 4 is 23.7 Å². The molecule has 8 nitrogen and oxygen atoms in total. The van der Waals surface area contributed by atoms with Gasteiger partial charge in [0.05, 0.1) is 30.1 Å². The van der Waals surface area contributed by atoms with Gasteiger partial charge in [-0.05, 0) is 24.1 Å². The Labute approximate surface area is 167 Å². The summed E-state index contributed by atoms with van der Waals surface area (Å²) in [6.45, 7) is 1.55. The van der Waals surface area contributed by atoms with E-state index in [1.807, 2.05) is 18.2 Å². The minimum absolute atomic E-state index is 0.0420. The van der Waals surface area contributed by atoms with Gasteiger partial charge in [0, 0.05) is 0 Å². The molecule has 3 amide bonds. The van der Waals surface area contributed by atoms with Crippen molar-refractivity contribution in [2.45, 2.75) is 19.8 Å². The van der Waals surface area contributed by atoms with Crippen LogP contribution >= 0.6 is 0 Å². The number of hydrogen-bond acceptors (Lipinski definition) is 6. The van der Waals surface area contributed by atoms with Gasteiger partial charge in [0.1, 0.15) is 0 Å². The van der Waals surface area contributed by atoms with Crippen molar-refractivity contribution in [3.8, 4) is 0 Å². The molecule has 2 aromatic carbocycles. The van der Waals surface area contributed by atoms with Gasteiger partial charge >= 0.3 is 5.97 Å². The van der Waals surface area contributed by atoms with Crippen LogP contribution in [-0.2, 0) is 25.7 Å². The molecule has 0 saturated heterocycles. The van der Waals surface area contributed by atoms with Crippen molar-refractivity contribution in [1.82, 2.24) is 10.5 Å². The second kappa shape index (κ2) is 9.11. The lowest BCUT2D eigenvalue weighted by Crippen LogP contribution is -2.33. The first kappa shape index (κ1) is 20.2. The molecule has 1 N–H and O–H groups in total. The first-order valence-electron chi connectivity index (χ1n) is 9.11. The Kier molecular flexibility index (Phi) is 6.36. The van der Waals surface area contributed by atoms with Crippen molar-refractivity contribution in [1.29, 1.82) is 0 Å². The molecular weight excluding hydrogens is 376 g/mol. The van der Waals surface area contributed by atoms with Crippen LogP contribution in [-0.4, -0.2) is 35.4 Å². The maximum atomic E-state index is 12.2. The highest BCUT2D eigenvalue weighted by Crippen LogP contribution is 2.22. The monoisotopic (exact) mass is 396 g/mol. The van der Waals surface area contributed by atoms with Crippen LogP contribution in [0.3, 0.4) is 0 Å². The van der Waals surface area contributed by atoms with Crippen LogP contribution in [0.25, 0.3) is 0 Å². The van der Waals surface area contributed by atoms with Crippen LogP contribution in [0.1, 0.15) is 39.6 Å². The fourth-order valence-corrected chi connectivity index (χ4v) is 2.75. The number of carbonyl (C=O) groups is 4. The van der Waals surface area contributed by atoms with E-state index in [9.17, 15) is 19.2 Å². The summed E-state index contributed by atoms with van der Waals surface area (Å²) in [7, 11) is 0. The van der Waals surface area contributed by atoms with Crippen LogP contribution in [0, 0.1) is 5.92 Å². The van der Waals surface area contributed by atoms with Gasteiger partial charge in [-0.25, -0.2) is 4.79 Å². The number of hydroxylamine groups is 3. The first-order valence-corrected chi connectivity index (χ1v) is 9.11. The summed E-state index contributed by atoms with van der Waals surface area (Å²) in [5.41, 5.74) is 3.48. The second-order valence-electron chi connectivity index (χ2n) is 6.58. The third-order valence-electron chi connectivity index (χ3n) is 4.40. The maximum absolute atomic E-state index is 12.2. The smallest absolute Gasteiger partial charge is 0.335 e. The molecule has 1 atom stereocenters. The minimum Gasteiger partial charge on any atom is -0.341 e. The Morgan fingerprint density at radius 1 is 0.966 bits per heavy atom. The summed E-state index contributed by atoms with van der Waals surface area (Å²) < 4.78 is 0. The zero-order valence-electron chi connectivity index (χ0n) is 15.8. The van der Waals surface area contributed by atoms with E-state index in [2.05, 4.69) is 5.48 Å². The molecule has 1 aliphatic rings. The van der Waals surface area contributed by atoms with E-state index in [0.29, 0.717) is 5.06 Å². The number of imide groups is 1. The van der Waals surface area contributed by atoms with Gasteiger partial charge in [-0.15, -0.1) is 5.06 Å². The third kappa shape index (κ3) is 4.85. The number of nitrogens with one attached hydrogen (secondary N) is 1. The molecule has 29 heavy (non-hydrogen) atoms. The Balaban J connectivity index is 1.40. The molecule has 1 heterocycles. The molecule has 0 radical (unpaired) electrons. The Bertz CT molecular complexity index is 893. The lowest BCUT2D eigenvalue weighted by Gasteiger charge is -2.15. The summed E-state index contributed by atoms with van der Waals surface area (Å²) in [5, 5.41) is 0.699. The van der Waals surface area contributed by atoms with Crippen molar-refractivity contribution in [3.05, 3.63) is 71.3 Å². The molecule has 0 aromatic heterocycles. The minimum atomic E-state index is -0.641. The quantitative estimate of drug-likeness (QED) is 0.568. The lowest BCUT2D eigenvalue weighted by molar-refractivity contribution is -0.163. The third-order valence-corrected chi connectivity index (χ3v) is 4.40. The highest BCUT2D eigenvalue weighted by atomic mass is 16.7. The Morgan fingerprint density at radius 2 is 1.55 bits per heavy atom. The molecule has 0 aliphatic carbocycles. The lowest BCUT2D eigenvalue weighted by atomic mass is 10.1. The summed E-state index contributed by atoms with van der Waals surface area (Å²) in [5.74, 6) is -2.76. The molecular formula is C21H20N2O6. The number of nitrogens with zero attached hydrogens (tertiary/aromatic N) is 1. The number of rotatable bonds is 7. The van der Waals surface area contributed by atoms with Crippen molar-refractivity contribution < 1.29 is 28.9 Å².